The number of hydrogen-bond donors (Lipinski definition) is 1. The fourth-order valence-corrected chi connectivity index (χ4v) is 3.97. The molecule has 4 rings (SSSR count). The monoisotopic (exact) mass is 401 g/mol. The van der Waals surface area contributed by atoms with Crippen molar-refractivity contribution >= 4 is 23.0 Å². The number of anilines is 2. The van der Waals surface area contributed by atoms with Gasteiger partial charge >= 0.3 is 0 Å². The molecule has 0 unspecified atom stereocenters. The van der Waals surface area contributed by atoms with E-state index in [4.69, 9.17) is 0 Å². The van der Waals surface area contributed by atoms with Gasteiger partial charge in [-0.25, -0.2) is 0 Å². The minimum atomic E-state index is -0.464. The van der Waals surface area contributed by atoms with Crippen LogP contribution >= 0.6 is 0 Å². The molecule has 6 heteroatoms. The lowest BCUT2D eigenvalue weighted by molar-refractivity contribution is -0.384. The van der Waals surface area contributed by atoms with Crippen LogP contribution in [0.15, 0.2) is 72.8 Å². The fourth-order valence-electron chi connectivity index (χ4n) is 3.97. The van der Waals surface area contributed by atoms with E-state index in [9.17, 15) is 14.9 Å². The minimum Gasteiger partial charge on any atom is -0.378 e. The van der Waals surface area contributed by atoms with Gasteiger partial charge in [0.05, 0.1) is 11.0 Å². The lowest BCUT2D eigenvalue weighted by Gasteiger charge is -2.40. The van der Waals surface area contributed by atoms with Crippen molar-refractivity contribution in [1.29, 1.82) is 0 Å². The van der Waals surface area contributed by atoms with Gasteiger partial charge in [0.15, 0.2) is 0 Å². The van der Waals surface area contributed by atoms with Crippen molar-refractivity contribution < 1.29 is 9.72 Å². The SMILES string of the molecule is Cc1ccc(N[C@@H]2C[C@H](C)N(C(=O)c3ccc([N+](=O)[O-])cc3)c3ccccc32)cc1. The van der Waals surface area contributed by atoms with Gasteiger partial charge in [-0.1, -0.05) is 35.9 Å². The molecular weight excluding hydrogens is 378 g/mol. The lowest BCUT2D eigenvalue weighted by Crippen LogP contribution is -2.44. The number of nitro groups is 1. The summed E-state index contributed by atoms with van der Waals surface area (Å²) in [4.78, 5) is 25.5. The zero-order valence-electron chi connectivity index (χ0n) is 16.9. The number of carbonyl (C=O) groups is 1. The third kappa shape index (κ3) is 3.76. The summed E-state index contributed by atoms with van der Waals surface area (Å²) >= 11 is 0. The number of benzene rings is 3. The molecule has 0 fully saturated rings. The highest BCUT2D eigenvalue weighted by Gasteiger charge is 2.34. The van der Waals surface area contributed by atoms with E-state index in [0.717, 1.165) is 23.4 Å². The van der Waals surface area contributed by atoms with Crippen LogP contribution in [0.2, 0.25) is 0 Å². The van der Waals surface area contributed by atoms with Crippen molar-refractivity contribution in [1.82, 2.24) is 0 Å². The van der Waals surface area contributed by atoms with Crippen LogP contribution in [-0.2, 0) is 0 Å². The summed E-state index contributed by atoms with van der Waals surface area (Å²) in [6.07, 6.45) is 0.754. The zero-order chi connectivity index (χ0) is 21.3. The third-order valence-electron chi connectivity index (χ3n) is 5.53. The molecule has 1 aliphatic rings. The number of nitro benzene ring substituents is 1. The van der Waals surface area contributed by atoms with Crippen molar-refractivity contribution in [2.75, 3.05) is 10.2 Å². The van der Waals surface area contributed by atoms with Crippen LogP contribution in [0.1, 0.15) is 40.9 Å². The molecule has 2 atom stereocenters. The predicted molar refractivity (Wildman–Crippen MR) is 118 cm³/mol. The number of rotatable bonds is 4. The Kier molecular flexibility index (Phi) is 5.23. The number of nitrogens with zero attached hydrogens (tertiary/aromatic N) is 2. The zero-order valence-corrected chi connectivity index (χ0v) is 16.9. The van der Waals surface area contributed by atoms with E-state index in [1.54, 1.807) is 4.90 Å². The molecule has 0 radical (unpaired) electrons. The molecule has 152 valence electrons. The van der Waals surface area contributed by atoms with Crippen molar-refractivity contribution in [3.8, 4) is 0 Å². The van der Waals surface area contributed by atoms with E-state index >= 15 is 0 Å². The van der Waals surface area contributed by atoms with Gasteiger partial charge in [0.1, 0.15) is 0 Å². The summed E-state index contributed by atoms with van der Waals surface area (Å²) in [6, 6.07) is 22.0. The average molecular weight is 401 g/mol. The maximum absolute atomic E-state index is 13.3. The second kappa shape index (κ2) is 7.99. The van der Waals surface area contributed by atoms with Crippen LogP contribution in [-0.4, -0.2) is 16.9 Å². The molecule has 0 aromatic heterocycles. The molecular formula is C24H23N3O3. The van der Waals surface area contributed by atoms with Crippen molar-refractivity contribution in [2.45, 2.75) is 32.4 Å². The number of fused-ring (bicyclic) bond motifs is 1. The summed E-state index contributed by atoms with van der Waals surface area (Å²) in [5.74, 6) is -0.154. The number of hydrogen-bond acceptors (Lipinski definition) is 4. The number of non-ortho nitro benzene ring substituents is 1. The Bertz CT molecular complexity index is 1080. The maximum Gasteiger partial charge on any atom is 0.269 e. The van der Waals surface area contributed by atoms with E-state index in [-0.39, 0.29) is 23.7 Å². The Labute approximate surface area is 175 Å². The van der Waals surface area contributed by atoms with Crippen molar-refractivity contribution in [3.63, 3.8) is 0 Å². The van der Waals surface area contributed by atoms with Crippen LogP contribution in [0.5, 0.6) is 0 Å². The normalized spacial score (nSPS) is 17.9. The van der Waals surface area contributed by atoms with Gasteiger partial charge < -0.3 is 10.2 Å². The summed E-state index contributed by atoms with van der Waals surface area (Å²) in [6.45, 7) is 4.09. The van der Waals surface area contributed by atoms with E-state index in [1.807, 2.05) is 31.2 Å². The minimum absolute atomic E-state index is 0.0268. The molecule has 3 aromatic carbocycles. The Morgan fingerprint density at radius 2 is 1.70 bits per heavy atom. The smallest absolute Gasteiger partial charge is 0.269 e. The van der Waals surface area contributed by atoms with Gasteiger partial charge in [-0.3, -0.25) is 14.9 Å². The highest BCUT2D eigenvalue weighted by Crippen LogP contribution is 2.39. The summed E-state index contributed by atoms with van der Waals surface area (Å²) in [7, 11) is 0. The molecule has 0 saturated carbocycles. The standard InChI is InChI=1S/C24H23N3O3/c1-16-7-11-19(12-8-16)25-22-15-17(2)26(23-6-4-3-5-21(22)23)24(28)18-9-13-20(14-10-18)27(29)30/h3-14,17,22,25H,15H2,1-2H3/t17-,22+/m0/s1. The topological polar surface area (TPSA) is 75.5 Å². The van der Waals surface area contributed by atoms with E-state index < -0.39 is 4.92 Å². The second-order valence-corrected chi connectivity index (χ2v) is 7.69. The first-order chi connectivity index (χ1) is 14.4. The van der Waals surface area contributed by atoms with Crippen LogP contribution in [0, 0.1) is 17.0 Å². The first-order valence-electron chi connectivity index (χ1n) is 9.94. The number of aryl methyl sites for hydroxylation is 1. The quantitative estimate of drug-likeness (QED) is 0.463. The van der Waals surface area contributed by atoms with Gasteiger partial charge in [-0.2, -0.15) is 0 Å². The number of nitrogens with one attached hydrogen (secondary N) is 1. The molecule has 1 heterocycles. The molecule has 30 heavy (non-hydrogen) atoms. The van der Waals surface area contributed by atoms with Crippen molar-refractivity contribution in [3.05, 3.63) is 99.6 Å². The summed E-state index contributed by atoms with van der Waals surface area (Å²) in [5, 5.41) is 14.5. The van der Waals surface area contributed by atoms with Crippen LogP contribution in [0.4, 0.5) is 17.1 Å². The Balaban J connectivity index is 1.65. The second-order valence-electron chi connectivity index (χ2n) is 7.69. The number of para-hydroxylation sites is 1. The first kappa shape index (κ1) is 19.6. The van der Waals surface area contributed by atoms with E-state index in [2.05, 4.69) is 36.5 Å². The molecule has 0 spiro atoms. The van der Waals surface area contributed by atoms with Crippen LogP contribution in [0.3, 0.4) is 0 Å². The van der Waals surface area contributed by atoms with Crippen molar-refractivity contribution in [2.24, 2.45) is 0 Å². The molecule has 0 bridgehead atoms. The van der Waals surface area contributed by atoms with Crippen LogP contribution < -0.4 is 10.2 Å². The third-order valence-corrected chi connectivity index (χ3v) is 5.53. The first-order valence-corrected chi connectivity index (χ1v) is 9.94. The van der Waals surface area contributed by atoms with Gasteiger partial charge in [-0.05, 0) is 56.2 Å². The van der Waals surface area contributed by atoms with E-state index in [1.165, 1.54) is 29.8 Å². The van der Waals surface area contributed by atoms with Gasteiger partial charge in [0.25, 0.3) is 11.6 Å². The molecule has 0 saturated heterocycles. The fraction of sp³-hybridized carbons (Fsp3) is 0.208. The number of amides is 1. The summed E-state index contributed by atoms with van der Waals surface area (Å²) < 4.78 is 0. The lowest BCUT2D eigenvalue weighted by atomic mass is 9.90. The molecule has 1 N–H and O–H groups in total. The van der Waals surface area contributed by atoms with Gasteiger partial charge in [0.2, 0.25) is 0 Å². The number of carbonyl (C=O) groups excluding carboxylic acids is 1. The van der Waals surface area contributed by atoms with Gasteiger partial charge in [-0.15, -0.1) is 0 Å². The highest BCUT2D eigenvalue weighted by atomic mass is 16.6. The maximum atomic E-state index is 13.3. The molecule has 0 aliphatic carbocycles. The van der Waals surface area contributed by atoms with Gasteiger partial charge in [0, 0.05) is 35.1 Å². The largest absolute Gasteiger partial charge is 0.378 e. The molecule has 1 aliphatic heterocycles. The van der Waals surface area contributed by atoms with E-state index in [0.29, 0.717) is 5.56 Å². The summed E-state index contributed by atoms with van der Waals surface area (Å²) in [5.41, 5.74) is 4.59. The van der Waals surface area contributed by atoms with Crippen LogP contribution in [0.25, 0.3) is 0 Å². The highest BCUT2D eigenvalue weighted by molar-refractivity contribution is 6.07. The molecule has 6 nitrogen and oxygen atoms in total. The molecule has 1 amide bonds. The molecule has 3 aromatic rings. The Morgan fingerprint density at radius 1 is 1.03 bits per heavy atom. The Morgan fingerprint density at radius 3 is 2.37 bits per heavy atom. The average Bonchev–Trinajstić information content (AvgIpc) is 2.75. The predicted octanol–water partition coefficient (Wildman–Crippen LogP) is 5.50. The Hall–Kier alpha value is -3.67.